The van der Waals surface area contributed by atoms with Gasteiger partial charge in [-0.05, 0) is 74.5 Å². The highest BCUT2D eigenvalue weighted by molar-refractivity contribution is 6.00. The molecule has 154 valence electrons. The minimum Gasteiger partial charge on any atom is -0.326 e. The first-order valence-electron chi connectivity index (χ1n) is 10.3. The quantitative estimate of drug-likeness (QED) is 0.578. The number of piperidine rings is 1. The van der Waals surface area contributed by atoms with E-state index in [-0.39, 0.29) is 11.9 Å². The fourth-order valence-electron chi connectivity index (χ4n) is 3.72. The fourth-order valence-corrected chi connectivity index (χ4v) is 3.72. The summed E-state index contributed by atoms with van der Waals surface area (Å²) < 4.78 is 0. The molecule has 1 atom stereocenters. The molecule has 29 heavy (non-hydrogen) atoms. The number of nitrogens with one attached hydrogen (secondary N) is 4. The number of urea groups is 1. The number of hydrogen-bond acceptors (Lipinski definition) is 3. The molecule has 4 N–H and O–H groups in total. The molecule has 1 unspecified atom stereocenters. The molecule has 6 nitrogen and oxygen atoms in total. The van der Waals surface area contributed by atoms with Crippen LogP contribution in [0.2, 0.25) is 0 Å². The Balaban J connectivity index is 1.56. The first kappa shape index (κ1) is 20.9. The lowest BCUT2D eigenvalue weighted by Crippen LogP contribution is -2.32. The van der Waals surface area contributed by atoms with Gasteiger partial charge >= 0.3 is 6.03 Å². The number of rotatable bonds is 6. The van der Waals surface area contributed by atoms with Crippen LogP contribution in [0.3, 0.4) is 0 Å². The molecule has 0 aliphatic carbocycles. The Labute approximate surface area is 172 Å². The van der Waals surface area contributed by atoms with Gasteiger partial charge in [0.1, 0.15) is 0 Å². The number of aryl methyl sites for hydroxylation is 1. The van der Waals surface area contributed by atoms with Crippen LogP contribution in [0.5, 0.6) is 0 Å². The molecule has 1 aliphatic rings. The highest BCUT2D eigenvalue weighted by atomic mass is 16.2. The SMILES string of the molecule is Cc1ccc(NC(=O)Nc2ccccc2)cc1NC(=O)CC(C)C1CCNCC1. The van der Waals surface area contributed by atoms with Gasteiger partial charge in [-0.15, -0.1) is 0 Å². The predicted octanol–water partition coefficient (Wildman–Crippen LogP) is 4.60. The Morgan fingerprint density at radius 1 is 1.00 bits per heavy atom. The van der Waals surface area contributed by atoms with Gasteiger partial charge in [0.25, 0.3) is 0 Å². The van der Waals surface area contributed by atoms with Crippen molar-refractivity contribution in [3.05, 3.63) is 54.1 Å². The van der Waals surface area contributed by atoms with Gasteiger partial charge in [0, 0.05) is 23.5 Å². The van der Waals surface area contributed by atoms with E-state index >= 15 is 0 Å². The molecule has 0 spiro atoms. The van der Waals surface area contributed by atoms with E-state index in [4.69, 9.17) is 0 Å². The van der Waals surface area contributed by atoms with Crippen molar-refractivity contribution >= 4 is 29.0 Å². The number of amides is 3. The van der Waals surface area contributed by atoms with Crippen LogP contribution in [-0.4, -0.2) is 25.0 Å². The molecule has 1 fully saturated rings. The van der Waals surface area contributed by atoms with Crippen LogP contribution in [0.4, 0.5) is 21.9 Å². The fraction of sp³-hybridized carbons (Fsp3) is 0.391. The van der Waals surface area contributed by atoms with E-state index in [1.54, 1.807) is 6.07 Å². The first-order valence-corrected chi connectivity index (χ1v) is 10.3. The van der Waals surface area contributed by atoms with E-state index in [2.05, 4.69) is 28.2 Å². The molecular weight excluding hydrogens is 364 g/mol. The molecule has 1 aliphatic heterocycles. The summed E-state index contributed by atoms with van der Waals surface area (Å²) in [4.78, 5) is 24.8. The van der Waals surface area contributed by atoms with Crippen LogP contribution in [-0.2, 0) is 4.79 Å². The lowest BCUT2D eigenvalue weighted by atomic mass is 9.84. The summed E-state index contributed by atoms with van der Waals surface area (Å²) in [6.07, 6.45) is 2.77. The van der Waals surface area contributed by atoms with Crippen LogP contribution in [0.25, 0.3) is 0 Å². The van der Waals surface area contributed by atoms with Gasteiger partial charge in [-0.2, -0.15) is 0 Å². The van der Waals surface area contributed by atoms with E-state index in [9.17, 15) is 9.59 Å². The molecule has 3 amide bonds. The molecule has 2 aromatic carbocycles. The Hall–Kier alpha value is -2.86. The van der Waals surface area contributed by atoms with E-state index in [1.165, 1.54) is 0 Å². The third-order valence-electron chi connectivity index (χ3n) is 5.50. The third-order valence-corrected chi connectivity index (χ3v) is 5.50. The van der Waals surface area contributed by atoms with Crippen LogP contribution in [0.1, 0.15) is 31.7 Å². The van der Waals surface area contributed by atoms with Crippen LogP contribution in [0, 0.1) is 18.8 Å². The monoisotopic (exact) mass is 394 g/mol. The molecule has 0 saturated carbocycles. The maximum Gasteiger partial charge on any atom is 0.323 e. The molecule has 1 heterocycles. The van der Waals surface area contributed by atoms with Gasteiger partial charge in [0.15, 0.2) is 0 Å². The predicted molar refractivity (Wildman–Crippen MR) is 118 cm³/mol. The summed E-state index contributed by atoms with van der Waals surface area (Å²) in [6, 6.07) is 14.5. The Bertz CT molecular complexity index is 832. The standard InChI is InChI=1S/C23H30N4O2/c1-16-8-9-20(26-23(29)25-19-6-4-3-5-7-19)15-21(16)27-22(28)14-17(2)18-10-12-24-13-11-18/h3-9,15,17-18,24H,10-14H2,1-2H3,(H,27,28)(H2,25,26,29). The summed E-state index contributed by atoms with van der Waals surface area (Å²) in [5, 5.41) is 12.0. The van der Waals surface area contributed by atoms with Crippen molar-refractivity contribution in [1.82, 2.24) is 5.32 Å². The Kier molecular flexibility index (Phi) is 7.25. The van der Waals surface area contributed by atoms with Gasteiger partial charge in [0.2, 0.25) is 5.91 Å². The number of para-hydroxylation sites is 1. The average Bonchev–Trinajstić information content (AvgIpc) is 2.71. The van der Waals surface area contributed by atoms with E-state index in [0.29, 0.717) is 23.9 Å². The molecule has 3 rings (SSSR count). The van der Waals surface area contributed by atoms with Gasteiger partial charge in [0.05, 0.1) is 0 Å². The summed E-state index contributed by atoms with van der Waals surface area (Å²) in [5.41, 5.74) is 3.04. The molecule has 6 heteroatoms. The van der Waals surface area contributed by atoms with Crippen LogP contribution < -0.4 is 21.3 Å². The molecule has 2 aromatic rings. The number of hydrogen-bond donors (Lipinski definition) is 4. The zero-order valence-corrected chi connectivity index (χ0v) is 17.1. The van der Waals surface area contributed by atoms with Crippen molar-refractivity contribution in [2.24, 2.45) is 11.8 Å². The summed E-state index contributed by atoms with van der Waals surface area (Å²) in [7, 11) is 0. The van der Waals surface area contributed by atoms with Crippen LogP contribution >= 0.6 is 0 Å². The minimum absolute atomic E-state index is 0.0185. The van der Waals surface area contributed by atoms with Crippen molar-refractivity contribution < 1.29 is 9.59 Å². The zero-order chi connectivity index (χ0) is 20.6. The Morgan fingerprint density at radius 2 is 1.69 bits per heavy atom. The van der Waals surface area contributed by atoms with Crippen molar-refractivity contribution in [1.29, 1.82) is 0 Å². The smallest absolute Gasteiger partial charge is 0.323 e. The number of carbonyl (C=O) groups is 2. The second kappa shape index (κ2) is 10.1. The van der Waals surface area contributed by atoms with E-state index in [0.717, 1.165) is 42.9 Å². The highest BCUT2D eigenvalue weighted by Crippen LogP contribution is 2.26. The minimum atomic E-state index is -0.322. The normalized spacial score (nSPS) is 15.4. The second-order valence-electron chi connectivity index (χ2n) is 7.79. The van der Waals surface area contributed by atoms with Gasteiger partial charge in [-0.3, -0.25) is 4.79 Å². The van der Waals surface area contributed by atoms with Gasteiger partial charge < -0.3 is 21.3 Å². The molecule has 0 bridgehead atoms. The Morgan fingerprint density at radius 3 is 2.41 bits per heavy atom. The highest BCUT2D eigenvalue weighted by Gasteiger charge is 2.22. The van der Waals surface area contributed by atoms with Crippen molar-refractivity contribution in [2.45, 2.75) is 33.1 Å². The topological polar surface area (TPSA) is 82.3 Å². The maximum absolute atomic E-state index is 12.6. The molecule has 0 radical (unpaired) electrons. The van der Waals surface area contributed by atoms with E-state index < -0.39 is 0 Å². The molecule has 0 aromatic heterocycles. The third kappa shape index (κ3) is 6.32. The molecule has 1 saturated heterocycles. The van der Waals surface area contributed by atoms with Crippen molar-refractivity contribution in [2.75, 3.05) is 29.0 Å². The summed E-state index contributed by atoms with van der Waals surface area (Å²) in [5.74, 6) is 0.971. The van der Waals surface area contributed by atoms with Gasteiger partial charge in [-0.25, -0.2) is 4.79 Å². The maximum atomic E-state index is 12.6. The molecular formula is C23H30N4O2. The number of benzene rings is 2. The van der Waals surface area contributed by atoms with Crippen molar-refractivity contribution in [3.63, 3.8) is 0 Å². The lowest BCUT2D eigenvalue weighted by molar-refractivity contribution is -0.117. The van der Waals surface area contributed by atoms with Gasteiger partial charge in [-0.1, -0.05) is 31.2 Å². The zero-order valence-electron chi connectivity index (χ0n) is 17.1. The second-order valence-corrected chi connectivity index (χ2v) is 7.79. The lowest BCUT2D eigenvalue weighted by Gasteiger charge is -2.28. The van der Waals surface area contributed by atoms with E-state index in [1.807, 2.05) is 49.4 Å². The van der Waals surface area contributed by atoms with Crippen molar-refractivity contribution in [3.8, 4) is 0 Å². The first-order chi connectivity index (χ1) is 14.0. The largest absolute Gasteiger partial charge is 0.326 e. The summed E-state index contributed by atoms with van der Waals surface area (Å²) in [6.45, 7) is 6.18. The number of anilines is 3. The van der Waals surface area contributed by atoms with Crippen LogP contribution in [0.15, 0.2) is 48.5 Å². The average molecular weight is 395 g/mol. The summed E-state index contributed by atoms with van der Waals surface area (Å²) >= 11 is 0. The number of carbonyl (C=O) groups excluding carboxylic acids is 2.